The molecule has 5 heteroatoms. The fourth-order valence-electron chi connectivity index (χ4n) is 3.49. The second-order valence-corrected chi connectivity index (χ2v) is 7.21. The first-order valence-electron chi connectivity index (χ1n) is 10.1. The zero-order chi connectivity index (χ0) is 20.6. The van der Waals surface area contributed by atoms with Gasteiger partial charge in [-0.25, -0.2) is 4.39 Å². The van der Waals surface area contributed by atoms with Crippen molar-refractivity contribution < 1.29 is 23.0 Å². The zero-order valence-corrected chi connectivity index (χ0v) is 16.8. The molecule has 156 valence electrons. The molecule has 1 aliphatic rings. The third-order valence-corrected chi connectivity index (χ3v) is 5.15. The molecule has 0 aromatic heterocycles. The van der Waals surface area contributed by atoms with E-state index < -0.39 is 11.6 Å². The summed E-state index contributed by atoms with van der Waals surface area (Å²) in [5.74, 6) is -2.02. The fraction of sp³-hybridized carbons (Fsp3) is 0.417. The first-order chi connectivity index (χ1) is 14.1. The molecule has 0 bridgehead atoms. The van der Waals surface area contributed by atoms with E-state index in [9.17, 15) is 8.78 Å². The Hall–Kier alpha value is -2.24. The molecule has 1 aliphatic heterocycles. The molecule has 3 rings (SSSR count). The van der Waals surface area contributed by atoms with Crippen LogP contribution < -0.4 is 4.74 Å². The maximum atomic E-state index is 14.4. The van der Waals surface area contributed by atoms with Gasteiger partial charge >= 0.3 is 0 Å². The number of halogens is 2. The molecule has 0 spiro atoms. The lowest BCUT2D eigenvalue weighted by atomic mass is 9.92. The quantitative estimate of drug-likeness (QED) is 0.487. The molecular weight excluding hydrogens is 374 g/mol. The third kappa shape index (κ3) is 5.64. The van der Waals surface area contributed by atoms with E-state index in [0.717, 1.165) is 18.4 Å². The summed E-state index contributed by atoms with van der Waals surface area (Å²) < 4.78 is 45.2. The second kappa shape index (κ2) is 10.5. The lowest BCUT2D eigenvalue weighted by molar-refractivity contribution is -0.173. The van der Waals surface area contributed by atoms with Crippen LogP contribution in [-0.2, 0) is 22.5 Å². The van der Waals surface area contributed by atoms with Gasteiger partial charge in [-0.2, -0.15) is 4.39 Å². The van der Waals surface area contributed by atoms with Crippen molar-refractivity contribution in [2.75, 3.05) is 13.2 Å². The number of hydrogen-bond acceptors (Lipinski definition) is 3. The van der Waals surface area contributed by atoms with Gasteiger partial charge in [-0.05, 0) is 55.4 Å². The van der Waals surface area contributed by atoms with Crippen molar-refractivity contribution in [2.45, 2.75) is 51.4 Å². The Morgan fingerprint density at radius 2 is 1.83 bits per heavy atom. The molecule has 2 atom stereocenters. The van der Waals surface area contributed by atoms with Crippen molar-refractivity contribution in [3.8, 4) is 5.75 Å². The van der Waals surface area contributed by atoms with E-state index in [2.05, 4.69) is 30.8 Å². The molecule has 1 saturated heterocycles. The Labute approximate surface area is 171 Å². The maximum Gasteiger partial charge on any atom is 0.200 e. The summed E-state index contributed by atoms with van der Waals surface area (Å²) >= 11 is 0. The standard InChI is InChI=1S/C24H28F2O3/c1-3-5-6-17-7-9-18(10-8-17)15-28-22-14-11-19(16-29-22)20-12-13-21(27-4-2)24(26)23(20)25/h3,7-10,12-13,19,22H,1,4-6,11,14-16H2,2H3. The molecular formula is C24H28F2O3. The van der Waals surface area contributed by atoms with E-state index in [1.54, 1.807) is 13.0 Å². The van der Waals surface area contributed by atoms with Gasteiger partial charge in [0.15, 0.2) is 17.9 Å². The van der Waals surface area contributed by atoms with Crippen molar-refractivity contribution in [3.05, 3.63) is 77.4 Å². The largest absolute Gasteiger partial charge is 0.491 e. The Kier molecular flexibility index (Phi) is 7.78. The normalized spacial score (nSPS) is 19.1. The Morgan fingerprint density at radius 1 is 1.07 bits per heavy atom. The van der Waals surface area contributed by atoms with Crippen molar-refractivity contribution in [2.24, 2.45) is 0 Å². The van der Waals surface area contributed by atoms with Crippen LogP contribution in [0.2, 0.25) is 0 Å². The van der Waals surface area contributed by atoms with E-state index in [0.29, 0.717) is 38.2 Å². The molecule has 3 nitrogen and oxygen atoms in total. The molecule has 29 heavy (non-hydrogen) atoms. The van der Waals surface area contributed by atoms with Crippen molar-refractivity contribution in [1.82, 2.24) is 0 Å². The highest BCUT2D eigenvalue weighted by atomic mass is 19.2. The van der Waals surface area contributed by atoms with Gasteiger partial charge in [0.25, 0.3) is 0 Å². The lowest BCUT2D eigenvalue weighted by Crippen LogP contribution is -2.27. The first kappa shape index (κ1) is 21.5. The number of rotatable bonds is 9. The Bertz CT molecular complexity index is 797. The van der Waals surface area contributed by atoms with Crippen LogP contribution in [0.5, 0.6) is 5.75 Å². The van der Waals surface area contributed by atoms with Gasteiger partial charge in [0.05, 0.1) is 19.8 Å². The molecule has 0 amide bonds. The highest BCUT2D eigenvalue weighted by molar-refractivity contribution is 5.33. The van der Waals surface area contributed by atoms with Crippen LogP contribution in [0.1, 0.15) is 48.8 Å². The molecule has 1 fully saturated rings. The predicted molar refractivity (Wildman–Crippen MR) is 109 cm³/mol. The molecule has 2 unspecified atom stereocenters. The Balaban J connectivity index is 1.49. The summed E-state index contributed by atoms with van der Waals surface area (Å²) in [5.41, 5.74) is 2.69. The van der Waals surface area contributed by atoms with Crippen LogP contribution in [0, 0.1) is 11.6 Å². The van der Waals surface area contributed by atoms with Crippen LogP contribution in [0.3, 0.4) is 0 Å². The molecule has 2 aromatic rings. The summed E-state index contributed by atoms with van der Waals surface area (Å²) in [6, 6.07) is 11.4. The highest BCUT2D eigenvalue weighted by Gasteiger charge is 2.27. The van der Waals surface area contributed by atoms with Crippen molar-refractivity contribution in [3.63, 3.8) is 0 Å². The predicted octanol–water partition coefficient (Wildman–Crippen LogP) is 5.92. The number of hydrogen-bond donors (Lipinski definition) is 0. The van der Waals surface area contributed by atoms with E-state index in [1.165, 1.54) is 11.6 Å². The molecule has 0 radical (unpaired) electrons. The summed E-state index contributed by atoms with van der Waals surface area (Å²) in [4.78, 5) is 0. The summed E-state index contributed by atoms with van der Waals surface area (Å²) in [6.45, 7) is 6.53. The summed E-state index contributed by atoms with van der Waals surface area (Å²) in [7, 11) is 0. The lowest BCUT2D eigenvalue weighted by Gasteiger charge is -2.29. The van der Waals surface area contributed by atoms with Gasteiger partial charge in [0, 0.05) is 5.92 Å². The van der Waals surface area contributed by atoms with Gasteiger partial charge < -0.3 is 14.2 Å². The van der Waals surface area contributed by atoms with Gasteiger partial charge in [-0.3, -0.25) is 0 Å². The van der Waals surface area contributed by atoms with Crippen LogP contribution in [-0.4, -0.2) is 19.5 Å². The molecule has 0 N–H and O–H groups in total. The van der Waals surface area contributed by atoms with Crippen LogP contribution >= 0.6 is 0 Å². The van der Waals surface area contributed by atoms with E-state index in [-0.39, 0.29) is 18.0 Å². The molecule has 0 aliphatic carbocycles. The van der Waals surface area contributed by atoms with Gasteiger partial charge in [0.1, 0.15) is 0 Å². The fourth-order valence-corrected chi connectivity index (χ4v) is 3.49. The topological polar surface area (TPSA) is 27.7 Å². The molecule has 0 saturated carbocycles. The number of allylic oxidation sites excluding steroid dienone is 1. The van der Waals surface area contributed by atoms with Crippen LogP contribution in [0.25, 0.3) is 0 Å². The van der Waals surface area contributed by atoms with E-state index in [1.807, 2.05) is 6.08 Å². The van der Waals surface area contributed by atoms with Gasteiger partial charge in [0.2, 0.25) is 5.82 Å². The number of benzene rings is 2. The number of ether oxygens (including phenoxy) is 3. The van der Waals surface area contributed by atoms with Gasteiger partial charge in [-0.1, -0.05) is 36.4 Å². The SMILES string of the molecule is C=CCCc1ccc(COC2CCC(c3ccc(OCC)c(F)c3F)CO2)cc1. The average molecular weight is 402 g/mol. The van der Waals surface area contributed by atoms with E-state index in [4.69, 9.17) is 14.2 Å². The smallest absolute Gasteiger partial charge is 0.200 e. The summed E-state index contributed by atoms with van der Waals surface area (Å²) in [5, 5.41) is 0. The monoisotopic (exact) mass is 402 g/mol. The summed E-state index contributed by atoms with van der Waals surface area (Å²) in [6.07, 6.45) is 4.85. The minimum atomic E-state index is -0.931. The Morgan fingerprint density at radius 3 is 2.48 bits per heavy atom. The number of aryl methyl sites for hydroxylation is 1. The van der Waals surface area contributed by atoms with Gasteiger partial charge in [-0.15, -0.1) is 6.58 Å². The van der Waals surface area contributed by atoms with E-state index >= 15 is 0 Å². The average Bonchev–Trinajstić information content (AvgIpc) is 2.75. The van der Waals surface area contributed by atoms with Crippen molar-refractivity contribution in [1.29, 1.82) is 0 Å². The molecule has 1 heterocycles. The van der Waals surface area contributed by atoms with Crippen molar-refractivity contribution >= 4 is 0 Å². The minimum absolute atomic E-state index is 0.0535. The maximum absolute atomic E-state index is 14.4. The highest BCUT2D eigenvalue weighted by Crippen LogP contribution is 2.33. The van der Waals surface area contributed by atoms with Crippen LogP contribution in [0.4, 0.5) is 8.78 Å². The second-order valence-electron chi connectivity index (χ2n) is 7.21. The zero-order valence-electron chi connectivity index (χ0n) is 16.8. The third-order valence-electron chi connectivity index (χ3n) is 5.15. The van der Waals surface area contributed by atoms with Crippen LogP contribution in [0.15, 0.2) is 49.1 Å². The minimum Gasteiger partial charge on any atom is -0.491 e. The molecule has 2 aromatic carbocycles. The first-order valence-corrected chi connectivity index (χ1v) is 10.1.